The second-order valence-corrected chi connectivity index (χ2v) is 8.20. The summed E-state index contributed by atoms with van der Waals surface area (Å²) < 4.78 is 6.24. The molecule has 1 saturated heterocycles. The normalized spacial score (nSPS) is 14.7. The van der Waals surface area contributed by atoms with Gasteiger partial charge in [0.25, 0.3) is 0 Å². The zero-order valence-electron chi connectivity index (χ0n) is 15.3. The first-order chi connectivity index (χ1) is 13.5. The van der Waals surface area contributed by atoms with Crippen LogP contribution in [0.25, 0.3) is 0 Å². The molecule has 28 heavy (non-hydrogen) atoms. The predicted molar refractivity (Wildman–Crippen MR) is 117 cm³/mol. The summed E-state index contributed by atoms with van der Waals surface area (Å²) in [7, 11) is 0. The van der Waals surface area contributed by atoms with E-state index in [2.05, 4.69) is 26.1 Å². The number of morpholine rings is 1. The van der Waals surface area contributed by atoms with Crippen molar-refractivity contribution < 1.29 is 9.53 Å². The minimum Gasteiger partial charge on any atom is -0.379 e. The molecular weight excluding hydrogens is 465 g/mol. The van der Waals surface area contributed by atoms with E-state index in [1.165, 1.54) is 0 Å². The molecule has 1 aliphatic heterocycles. The van der Waals surface area contributed by atoms with Gasteiger partial charge in [0.05, 0.1) is 28.9 Å². The van der Waals surface area contributed by atoms with Crippen molar-refractivity contribution in [2.75, 3.05) is 44.7 Å². The van der Waals surface area contributed by atoms with Gasteiger partial charge in [0.2, 0.25) is 0 Å². The average Bonchev–Trinajstić information content (AvgIpc) is 2.70. The van der Waals surface area contributed by atoms with Gasteiger partial charge < -0.3 is 15.0 Å². The highest BCUT2D eigenvalue weighted by Gasteiger charge is 2.18. The Morgan fingerprint density at radius 1 is 1.14 bits per heavy atom. The minimum absolute atomic E-state index is 0.161. The lowest BCUT2D eigenvalue weighted by Gasteiger charge is -2.30. The molecule has 5 nitrogen and oxygen atoms in total. The number of rotatable bonds is 6. The second kappa shape index (κ2) is 10.5. The Balaban J connectivity index is 1.71. The molecule has 1 fully saturated rings. The van der Waals surface area contributed by atoms with Crippen LogP contribution in [0.4, 0.5) is 10.5 Å². The fraction of sp³-hybridized carbons (Fsp3) is 0.350. The highest BCUT2D eigenvalue weighted by molar-refractivity contribution is 9.10. The van der Waals surface area contributed by atoms with Crippen molar-refractivity contribution in [2.24, 2.45) is 0 Å². The fourth-order valence-electron chi connectivity index (χ4n) is 2.95. The summed E-state index contributed by atoms with van der Waals surface area (Å²) in [5.74, 6) is 0. The van der Waals surface area contributed by atoms with Crippen molar-refractivity contribution in [1.29, 1.82) is 0 Å². The molecule has 3 rings (SSSR count). The molecule has 1 aliphatic rings. The summed E-state index contributed by atoms with van der Waals surface area (Å²) in [5, 5.41) is 3.97. The predicted octanol–water partition coefficient (Wildman–Crippen LogP) is 5.12. The van der Waals surface area contributed by atoms with Crippen molar-refractivity contribution in [3.05, 3.63) is 62.5 Å². The molecule has 8 heteroatoms. The standard InChI is InChI=1S/C20H22BrCl2N3O2/c21-16-3-1-2-4-19(16)24-20(27)26(8-7-25-9-11-28-12-10-25)14-15-5-6-17(22)18(23)13-15/h1-6,13H,7-12,14H2,(H,24,27). The quantitative estimate of drug-likeness (QED) is 0.616. The number of anilines is 1. The first-order valence-corrected chi connectivity index (χ1v) is 10.6. The number of carbonyl (C=O) groups excluding carboxylic acids is 1. The van der Waals surface area contributed by atoms with Gasteiger partial charge in [-0.1, -0.05) is 41.4 Å². The van der Waals surface area contributed by atoms with Gasteiger partial charge in [-0.3, -0.25) is 4.90 Å². The maximum absolute atomic E-state index is 13.0. The number of nitrogens with zero attached hydrogens (tertiary/aromatic N) is 2. The zero-order chi connectivity index (χ0) is 19.9. The molecule has 0 saturated carbocycles. The fourth-order valence-corrected chi connectivity index (χ4v) is 3.66. The van der Waals surface area contributed by atoms with Crippen LogP contribution in [0.2, 0.25) is 10.0 Å². The van der Waals surface area contributed by atoms with Crippen molar-refractivity contribution in [3.63, 3.8) is 0 Å². The van der Waals surface area contributed by atoms with Gasteiger partial charge >= 0.3 is 6.03 Å². The second-order valence-electron chi connectivity index (χ2n) is 6.53. The largest absolute Gasteiger partial charge is 0.379 e. The van der Waals surface area contributed by atoms with Crippen LogP contribution in [0.3, 0.4) is 0 Å². The number of nitrogens with one attached hydrogen (secondary N) is 1. The van der Waals surface area contributed by atoms with Crippen molar-refractivity contribution in [1.82, 2.24) is 9.80 Å². The number of benzene rings is 2. The molecule has 150 valence electrons. The van der Waals surface area contributed by atoms with Crippen LogP contribution in [-0.4, -0.2) is 55.2 Å². The Morgan fingerprint density at radius 2 is 1.89 bits per heavy atom. The van der Waals surface area contributed by atoms with Crippen LogP contribution < -0.4 is 5.32 Å². The Morgan fingerprint density at radius 3 is 2.61 bits per heavy atom. The summed E-state index contributed by atoms with van der Waals surface area (Å²) in [5.41, 5.74) is 1.66. The van der Waals surface area contributed by atoms with Crippen LogP contribution in [0.15, 0.2) is 46.9 Å². The summed E-state index contributed by atoms with van der Waals surface area (Å²) in [6.07, 6.45) is 0. The van der Waals surface area contributed by atoms with Crippen LogP contribution in [-0.2, 0) is 11.3 Å². The molecular formula is C20H22BrCl2N3O2. The highest BCUT2D eigenvalue weighted by Crippen LogP contribution is 2.24. The number of carbonyl (C=O) groups is 1. The Kier molecular flexibility index (Phi) is 8.00. The van der Waals surface area contributed by atoms with E-state index in [4.69, 9.17) is 27.9 Å². The number of halogens is 3. The van der Waals surface area contributed by atoms with Gasteiger partial charge in [-0.15, -0.1) is 0 Å². The zero-order valence-corrected chi connectivity index (χ0v) is 18.4. The third-order valence-electron chi connectivity index (χ3n) is 4.55. The SMILES string of the molecule is O=C(Nc1ccccc1Br)N(CCN1CCOCC1)Cc1ccc(Cl)c(Cl)c1. The molecule has 1 heterocycles. The van der Waals surface area contributed by atoms with Crippen LogP contribution in [0, 0.1) is 0 Å². The minimum atomic E-state index is -0.161. The summed E-state index contributed by atoms with van der Waals surface area (Å²) in [4.78, 5) is 17.1. The lowest BCUT2D eigenvalue weighted by Crippen LogP contribution is -2.44. The number of hydrogen-bond acceptors (Lipinski definition) is 3. The lowest BCUT2D eigenvalue weighted by molar-refractivity contribution is 0.0349. The molecule has 0 atom stereocenters. The molecule has 0 bridgehead atoms. The Labute approximate surface area is 183 Å². The molecule has 1 N–H and O–H groups in total. The third-order valence-corrected chi connectivity index (χ3v) is 5.98. The summed E-state index contributed by atoms with van der Waals surface area (Å²) in [6.45, 7) is 5.05. The third kappa shape index (κ3) is 6.09. The van der Waals surface area contributed by atoms with E-state index in [0.717, 1.165) is 48.6 Å². The highest BCUT2D eigenvalue weighted by atomic mass is 79.9. The molecule has 0 radical (unpaired) electrons. The van der Waals surface area contributed by atoms with Crippen molar-refractivity contribution in [2.45, 2.75) is 6.54 Å². The average molecular weight is 487 g/mol. The maximum Gasteiger partial charge on any atom is 0.322 e. The van der Waals surface area contributed by atoms with Crippen LogP contribution in [0.1, 0.15) is 5.56 Å². The molecule has 2 aromatic carbocycles. The van der Waals surface area contributed by atoms with E-state index in [-0.39, 0.29) is 6.03 Å². The molecule has 0 spiro atoms. The topological polar surface area (TPSA) is 44.8 Å². The van der Waals surface area contributed by atoms with Gasteiger partial charge in [0.15, 0.2) is 0 Å². The number of para-hydroxylation sites is 1. The smallest absolute Gasteiger partial charge is 0.322 e. The van der Waals surface area contributed by atoms with Gasteiger partial charge in [0, 0.05) is 37.2 Å². The number of urea groups is 1. The number of amides is 2. The summed E-state index contributed by atoms with van der Waals surface area (Å²) >= 11 is 15.6. The van der Waals surface area contributed by atoms with Crippen molar-refractivity contribution in [3.8, 4) is 0 Å². The molecule has 0 aliphatic carbocycles. The monoisotopic (exact) mass is 485 g/mol. The van der Waals surface area contributed by atoms with E-state index in [0.29, 0.717) is 23.1 Å². The Bertz CT molecular complexity index is 816. The van der Waals surface area contributed by atoms with Gasteiger partial charge in [-0.25, -0.2) is 4.79 Å². The lowest BCUT2D eigenvalue weighted by atomic mass is 10.2. The van der Waals surface area contributed by atoms with E-state index < -0.39 is 0 Å². The molecule has 0 unspecified atom stereocenters. The molecule has 0 aromatic heterocycles. The van der Waals surface area contributed by atoms with E-state index >= 15 is 0 Å². The van der Waals surface area contributed by atoms with Gasteiger partial charge in [0.1, 0.15) is 0 Å². The van der Waals surface area contributed by atoms with E-state index in [1.54, 1.807) is 17.0 Å². The summed E-state index contributed by atoms with van der Waals surface area (Å²) in [6, 6.07) is 12.8. The van der Waals surface area contributed by atoms with Crippen LogP contribution in [0.5, 0.6) is 0 Å². The molecule has 2 aromatic rings. The van der Waals surface area contributed by atoms with E-state index in [9.17, 15) is 4.79 Å². The number of hydrogen-bond donors (Lipinski definition) is 1. The molecule has 2 amide bonds. The Hall–Kier alpha value is -1.31. The van der Waals surface area contributed by atoms with Crippen LogP contribution >= 0.6 is 39.1 Å². The van der Waals surface area contributed by atoms with Gasteiger partial charge in [-0.05, 0) is 45.8 Å². The first kappa shape index (κ1) is 21.4. The van der Waals surface area contributed by atoms with Gasteiger partial charge in [-0.2, -0.15) is 0 Å². The first-order valence-electron chi connectivity index (χ1n) is 9.07. The van der Waals surface area contributed by atoms with E-state index in [1.807, 2.05) is 30.3 Å². The maximum atomic E-state index is 13.0. The van der Waals surface area contributed by atoms with Crippen molar-refractivity contribution >= 4 is 50.9 Å². The number of ether oxygens (including phenoxy) is 1.